The first kappa shape index (κ1) is 21.4. The predicted octanol–water partition coefficient (Wildman–Crippen LogP) is 4.20. The van der Waals surface area contributed by atoms with Gasteiger partial charge >= 0.3 is 0 Å². The number of hydrogen-bond acceptors (Lipinski definition) is 2. The Bertz CT molecular complexity index is 715. The van der Waals surface area contributed by atoms with Crippen molar-refractivity contribution in [2.45, 2.75) is 32.3 Å². The fourth-order valence-corrected chi connectivity index (χ4v) is 2.30. The van der Waals surface area contributed by atoms with Gasteiger partial charge < -0.3 is 16.2 Å². The summed E-state index contributed by atoms with van der Waals surface area (Å²) in [6.07, 6.45) is 0. The molecule has 4 nitrogen and oxygen atoms in total. The van der Waals surface area contributed by atoms with E-state index in [0.717, 1.165) is 5.69 Å². The van der Waals surface area contributed by atoms with Gasteiger partial charge in [-0.2, -0.15) is 0 Å². The molecule has 0 radical (unpaired) electrons. The first-order valence-corrected chi connectivity index (χ1v) is 7.93. The summed E-state index contributed by atoms with van der Waals surface area (Å²) in [6.45, 7) is 5.94. The predicted molar refractivity (Wildman–Crippen MR) is 112 cm³/mol. The molecule has 2 aromatic rings. The highest BCUT2D eigenvalue weighted by atomic mass is 127. The Morgan fingerprint density at radius 3 is 2.48 bits per heavy atom. The number of hydrogen-bond donors (Lipinski definition) is 3. The van der Waals surface area contributed by atoms with E-state index in [1.165, 1.54) is 17.7 Å². The van der Waals surface area contributed by atoms with Gasteiger partial charge in [-0.25, -0.2) is 9.38 Å². The van der Waals surface area contributed by atoms with E-state index >= 15 is 0 Å². The van der Waals surface area contributed by atoms with Crippen molar-refractivity contribution >= 4 is 35.6 Å². The first-order chi connectivity index (χ1) is 11.3. The average molecular weight is 457 g/mol. The molecule has 0 bridgehead atoms. The van der Waals surface area contributed by atoms with Crippen molar-refractivity contribution in [1.29, 1.82) is 0 Å². The quantitative estimate of drug-likeness (QED) is 0.358. The zero-order valence-electron chi connectivity index (χ0n) is 14.7. The monoisotopic (exact) mass is 457 g/mol. The fraction of sp³-hybridized carbons (Fsp3) is 0.316. The molecule has 0 spiro atoms. The van der Waals surface area contributed by atoms with Crippen molar-refractivity contribution in [3.8, 4) is 0 Å². The van der Waals surface area contributed by atoms with Crippen LogP contribution in [-0.4, -0.2) is 17.6 Å². The normalized spacial score (nSPS) is 13.9. The maximum Gasteiger partial charge on any atom is 0.193 e. The van der Waals surface area contributed by atoms with Crippen LogP contribution in [0.4, 0.5) is 10.1 Å². The average Bonchev–Trinajstić information content (AvgIpc) is 2.54. The molecule has 1 unspecified atom stereocenters. The van der Waals surface area contributed by atoms with Gasteiger partial charge in [-0.3, -0.25) is 0 Å². The van der Waals surface area contributed by atoms with Gasteiger partial charge in [-0.15, -0.1) is 24.0 Å². The lowest BCUT2D eigenvalue weighted by atomic mass is 9.96. The van der Waals surface area contributed by atoms with E-state index in [2.05, 4.69) is 30.2 Å². The second kappa shape index (κ2) is 9.15. The lowest BCUT2D eigenvalue weighted by Crippen LogP contribution is -2.29. The minimum Gasteiger partial charge on any atom is -0.384 e. The Morgan fingerprint density at radius 1 is 1.24 bits per heavy atom. The van der Waals surface area contributed by atoms with Crippen LogP contribution in [0, 0.1) is 5.82 Å². The summed E-state index contributed by atoms with van der Waals surface area (Å²) in [6, 6.07) is 13.7. The third-order valence-corrected chi connectivity index (χ3v) is 3.85. The molecule has 2 aromatic carbocycles. The number of anilines is 1. The zero-order chi connectivity index (χ0) is 17.7. The molecular formula is C19H25FIN3O. The van der Waals surface area contributed by atoms with Gasteiger partial charge in [0.1, 0.15) is 11.4 Å². The first-order valence-electron chi connectivity index (χ1n) is 7.93. The summed E-state index contributed by atoms with van der Waals surface area (Å²) in [4.78, 5) is 4.20. The van der Waals surface area contributed by atoms with Gasteiger partial charge in [0.25, 0.3) is 0 Å². The van der Waals surface area contributed by atoms with Crippen LogP contribution in [0.3, 0.4) is 0 Å². The number of halogens is 2. The van der Waals surface area contributed by atoms with Crippen molar-refractivity contribution in [2.75, 3.05) is 11.9 Å². The van der Waals surface area contributed by atoms with E-state index in [0.29, 0.717) is 11.5 Å². The van der Waals surface area contributed by atoms with Crippen molar-refractivity contribution in [3.05, 3.63) is 65.5 Å². The summed E-state index contributed by atoms with van der Waals surface area (Å²) in [5.74, 6) is 0.298. The number of aliphatic imine (C=N–C) groups is 1. The topological polar surface area (TPSA) is 70.6 Å². The van der Waals surface area contributed by atoms with Gasteiger partial charge in [0.2, 0.25) is 0 Å². The molecule has 25 heavy (non-hydrogen) atoms. The van der Waals surface area contributed by atoms with Crippen LogP contribution in [0.15, 0.2) is 53.5 Å². The molecule has 0 amide bonds. The van der Waals surface area contributed by atoms with Crippen molar-refractivity contribution in [1.82, 2.24) is 0 Å². The molecule has 0 fully saturated rings. The molecule has 6 heteroatoms. The maximum absolute atomic E-state index is 13.0. The minimum absolute atomic E-state index is 0. The largest absolute Gasteiger partial charge is 0.384 e. The van der Waals surface area contributed by atoms with Gasteiger partial charge in [0.15, 0.2) is 5.96 Å². The molecule has 4 N–H and O–H groups in total. The molecule has 2 rings (SSSR count). The highest BCUT2D eigenvalue weighted by Gasteiger charge is 2.22. The van der Waals surface area contributed by atoms with E-state index in [1.54, 1.807) is 19.1 Å². The fourth-order valence-electron chi connectivity index (χ4n) is 2.30. The Balaban J connectivity index is 0.00000312. The van der Waals surface area contributed by atoms with E-state index in [4.69, 9.17) is 5.73 Å². The van der Waals surface area contributed by atoms with Gasteiger partial charge in [-0.1, -0.05) is 38.1 Å². The number of rotatable bonds is 5. The van der Waals surface area contributed by atoms with Gasteiger partial charge in [-0.05, 0) is 48.2 Å². The molecule has 0 aliphatic rings. The van der Waals surface area contributed by atoms with Gasteiger partial charge in [0, 0.05) is 5.69 Å². The molecule has 0 aromatic heterocycles. The summed E-state index contributed by atoms with van der Waals surface area (Å²) >= 11 is 0. The van der Waals surface area contributed by atoms with Crippen molar-refractivity contribution in [2.24, 2.45) is 10.7 Å². The van der Waals surface area contributed by atoms with Crippen LogP contribution >= 0.6 is 24.0 Å². The molecule has 136 valence electrons. The summed E-state index contributed by atoms with van der Waals surface area (Å²) < 4.78 is 13.0. The molecular weight excluding hydrogens is 432 g/mol. The standard InChI is InChI=1S/C19H24FN3O.HI/c1-13(2)14-5-4-6-17(11-14)23-18(21)22-12-19(3,24)15-7-9-16(20)10-8-15;/h4-11,13,24H,12H2,1-3H3,(H3,21,22,23);1H. The van der Waals surface area contributed by atoms with Crippen LogP contribution < -0.4 is 11.1 Å². The molecule has 0 saturated carbocycles. The van der Waals surface area contributed by atoms with Gasteiger partial charge in [0.05, 0.1) is 6.54 Å². The van der Waals surface area contributed by atoms with Crippen LogP contribution in [0.2, 0.25) is 0 Å². The summed E-state index contributed by atoms with van der Waals surface area (Å²) in [5.41, 5.74) is 7.32. The van der Waals surface area contributed by atoms with E-state index in [1.807, 2.05) is 18.2 Å². The highest BCUT2D eigenvalue weighted by molar-refractivity contribution is 14.0. The third kappa shape index (κ3) is 6.28. The van der Waals surface area contributed by atoms with Crippen LogP contribution in [0.5, 0.6) is 0 Å². The second-order valence-electron chi connectivity index (χ2n) is 6.39. The van der Waals surface area contributed by atoms with E-state index in [9.17, 15) is 9.50 Å². The Morgan fingerprint density at radius 2 is 1.88 bits per heavy atom. The van der Waals surface area contributed by atoms with E-state index in [-0.39, 0.29) is 42.3 Å². The van der Waals surface area contributed by atoms with Crippen molar-refractivity contribution < 1.29 is 9.50 Å². The number of nitrogens with zero attached hydrogens (tertiary/aromatic N) is 1. The lowest BCUT2D eigenvalue weighted by Gasteiger charge is -2.22. The maximum atomic E-state index is 13.0. The summed E-state index contributed by atoms with van der Waals surface area (Å²) in [7, 11) is 0. The second-order valence-corrected chi connectivity index (χ2v) is 6.39. The molecule has 0 aliphatic heterocycles. The Labute approximate surface area is 165 Å². The number of nitrogens with two attached hydrogens (primary N) is 1. The lowest BCUT2D eigenvalue weighted by molar-refractivity contribution is 0.0673. The van der Waals surface area contributed by atoms with E-state index < -0.39 is 5.60 Å². The van der Waals surface area contributed by atoms with Crippen LogP contribution in [0.1, 0.15) is 37.8 Å². The number of nitrogens with one attached hydrogen (secondary N) is 1. The van der Waals surface area contributed by atoms with Crippen LogP contribution in [0.25, 0.3) is 0 Å². The van der Waals surface area contributed by atoms with Crippen molar-refractivity contribution in [3.63, 3.8) is 0 Å². The SMILES string of the molecule is CC(C)c1cccc(NC(N)=NCC(C)(O)c2ccc(F)cc2)c1.I. The number of guanidine groups is 1. The minimum atomic E-state index is -1.22. The van der Waals surface area contributed by atoms with Crippen LogP contribution in [-0.2, 0) is 5.60 Å². The Kier molecular flexibility index (Phi) is 7.82. The number of aliphatic hydroxyl groups is 1. The molecule has 0 saturated heterocycles. The zero-order valence-corrected chi connectivity index (χ0v) is 17.0. The highest BCUT2D eigenvalue weighted by Crippen LogP contribution is 2.21. The molecule has 0 heterocycles. The Hall–Kier alpha value is -1.67. The third-order valence-electron chi connectivity index (χ3n) is 3.85. The number of benzene rings is 2. The molecule has 1 atom stereocenters. The summed E-state index contributed by atoms with van der Waals surface area (Å²) in [5, 5.41) is 13.5. The molecule has 0 aliphatic carbocycles. The smallest absolute Gasteiger partial charge is 0.193 e.